The van der Waals surface area contributed by atoms with Gasteiger partial charge in [0, 0.05) is 0 Å². The molecule has 16 heavy (non-hydrogen) atoms. The second kappa shape index (κ2) is 6.64. The summed E-state index contributed by atoms with van der Waals surface area (Å²) in [5, 5.41) is 0. The summed E-state index contributed by atoms with van der Waals surface area (Å²) >= 11 is 0. The van der Waals surface area contributed by atoms with E-state index in [0.29, 0.717) is 12.2 Å². The van der Waals surface area contributed by atoms with Crippen LogP contribution in [0, 0.1) is 17.8 Å². The highest BCUT2D eigenvalue weighted by Gasteiger charge is 2.40. The number of hydrogen-bond acceptors (Lipinski definition) is 1. The van der Waals surface area contributed by atoms with Gasteiger partial charge in [0.25, 0.3) is 0 Å². The molecular weight excluding hydrogens is 196 g/mol. The molecule has 1 nitrogen and oxygen atoms in total. The van der Waals surface area contributed by atoms with Crippen LogP contribution in [0.15, 0.2) is 0 Å². The van der Waals surface area contributed by atoms with Crippen LogP contribution < -0.4 is 0 Å². The van der Waals surface area contributed by atoms with Gasteiger partial charge in [0.2, 0.25) is 0 Å². The van der Waals surface area contributed by atoms with Crippen LogP contribution in [-0.4, -0.2) is 12.2 Å². The molecule has 1 aliphatic rings. The molecule has 0 aromatic carbocycles. The molecule has 96 valence electrons. The average Bonchev–Trinajstić information content (AvgIpc) is 2.30. The van der Waals surface area contributed by atoms with Gasteiger partial charge in [-0.05, 0) is 37.0 Å². The van der Waals surface area contributed by atoms with Crippen molar-refractivity contribution in [3.8, 4) is 0 Å². The molecule has 5 unspecified atom stereocenters. The van der Waals surface area contributed by atoms with Crippen LogP contribution in [0.3, 0.4) is 0 Å². The second-order valence-corrected chi connectivity index (χ2v) is 5.41. The lowest BCUT2D eigenvalue weighted by Gasteiger charge is -2.46. The van der Waals surface area contributed by atoms with E-state index >= 15 is 0 Å². The van der Waals surface area contributed by atoms with Crippen LogP contribution in [0.5, 0.6) is 0 Å². The van der Waals surface area contributed by atoms with Gasteiger partial charge in [0.05, 0.1) is 12.2 Å². The zero-order valence-electron chi connectivity index (χ0n) is 11.8. The summed E-state index contributed by atoms with van der Waals surface area (Å²) in [7, 11) is 0. The van der Waals surface area contributed by atoms with E-state index in [1.807, 2.05) is 0 Å². The maximum Gasteiger partial charge on any atom is 0.0607 e. The van der Waals surface area contributed by atoms with Crippen molar-refractivity contribution in [3.63, 3.8) is 0 Å². The molecule has 0 N–H and O–H groups in total. The predicted molar refractivity (Wildman–Crippen MR) is 70.6 cm³/mol. The van der Waals surface area contributed by atoms with Gasteiger partial charge >= 0.3 is 0 Å². The van der Waals surface area contributed by atoms with Crippen molar-refractivity contribution < 1.29 is 4.74 Å². The zero-order valence-corrected chi connectivity index (χ0v) is 11.8. The molecule has 1 saturated heterocycles. The summed E-state index contributed by atoms with van der Waals surface area (Å²) in [6, 6.07) is 0. The topological polar surface area (TPSA) is 9.23 Å². The highest BCUT2D eigenvalue weighted by atomic mass is 16.5. The van der Waals surface area contributed by atoms with E-state index in [2.05, 4.69) is 34.6 Å². The van der Waals surface area contributed by atoms with Crippen molar-refractivity contribution in [3.05, 3.63) is 0 Å². The highest BCUT2D eigenvalue weighted by molar-refractivity contribution is 4.88. The predicted octanol–water partition coefficient (Wildman–Crippen LogP) is 4.65. The fraction of sp³-hybridized carbons (Fsp3) is 1.00. The Bertz CT molecular complexity index is 190. The zero-order chi connectivity index (χ0) is 12.1. The maximum absolute atomic E-state index is 6.29. The van der Waals surface area contributed by atoms with Crippen molar-refractivity contribution in [2.24, 2.45) is 17.8 Å². The molecule has 5 atom stereocenters. The Morgan fingerprint density at radius 3 is 1.88 bits per heavy atom. The van der Waals surface area contributed by atoms with Crippen molar-refractivity contribution in [2.45, 2.75) is 78.9 Å². The summed E-state index contributed by atoms with van der Waals surface area (Å²) in [6.07, 6.45) is 7.34. The minimum atomic E-state index is 0.503. The Labute approximate surface area is 102 Å². The lowest BCUT2D eigenvalue weighted by Crippen LogP contribution is -2.46. The van der Waals surface area contributed by atoms with Gasteiger partial charge in [-0.1, -0.05) is 47.5 Å². The van der Waals surface area contributed by atoms with E-state index in [1.54, 1.807) is 0 Å². The number of rotatable bonds is 5. The fourth-order valence-corrected chi connectivity index (χ4v) is 3.67. The Morgan fingerprint density at radius 1 is 0.812 bits per heavy atom. The Kier molecular flexibility index (Phi) is 5.82. The number of hydrogen-bond donors (Lipinski definition) is 0. The fourth-order valence-electron chi connectivity index (χ4n) is 3.67. The van der Waals surface area contributed by atoms with Gasteiger partial charge < -0.3 is 4.74 Å². The third-order valence-electron chi connectivity index (χ3n) is 4.54. The summed E-state index contributed by atoms with van der Waals surface area (Å²) in [5.41, 5.74) is 0. The minimum absolute atomic E-state index is 0.503. The van der Waals surface area contributed by atoms with Gasteiger partial charge in [-0.15, -0.1) is 0 Å². The molecule has 0 amide bonds. The summed E-state index contributed by atoms with van der Waals surface area (Å²) < 4.78 is 6.29. The van der Waals surface area contributed by atoms with E-state index in [-0.39, 0.29) is 0 Å². The third-order valence-corrected chi connectivity index (χ3v) is 4.54. The molecule has 0 aromatic heterocycles. The highest BCUT2D eigenvalue weighted by Crippen LogP contribution is 2.41. The van der Waals surface area contributed by atoms with Crippen LogP contribution in [0.25, 0.3) is 0 Å². The van der Waals surface area contributed by atoms with E-state index in [9.17, 15) is 0 Å². The van der Waals surface area contributed by atoms with Crippen LogP contribution in [0.2, 0.25) is 0 Å². The molecule has 1 heterocycles. The molecule has 1 aliphatic heterocycles. The van der Waals surface area contributed by atoms with Gasteiger partial charge in [-0.25, -0.2) is 0 Å². The molecule has 0 aliphatic carbocycles. The summed E-state index contributed by atoms with van der Waals surface area (Å²) in [4.78, 5) is 0. The van der Waals surface area contributed by atoms with E-state index in [0.717, 1.165) is 17.8 Å². The van der Waals surface area contributed by atoms with E-state index < -0.39 is 0 Å². The van der Waals surface area contributed by atoms with Crippen molar-refractivity contribution in [1.82, 2.24) is 0 Å². The van der Waals surface area contributed by atoms with Gasteiger partial charge in [0.1, 0.15) is 0 Å². The van der Waals surface area contributed by atoms with Crippen molar-refractivity contribution in [1.29, 1.82) is 0 Å². The first kappa shape index (κ1) is 14.0. The first-order valence-corrected chi connectivity index (χ1v) is 7.34. The monoisotopic (exact) mass is 226 g/mol. The van der Waals surface area contributed by atoms with Gasteiger partial charge in [0.15, 0.2) is 0 Å². The largest absolute Gasteiger partial charge is 0.374 e. The molecule has 0 spiro atoms. The van der Waals surface area contributed by atoms with Crippen LogP contribution in [0.1, 0.15) is 66.7 Å². The van der Waals surface area contributed by atoms with Crippen LogP contribution in [-0.2, 0) is 4.74 Å². The van der Waals surface area contributed by atoms with Crippen LogP contribution >= 0.6 is 0 Å². The SMILES string of the molecule is CCCC1C(CC)OC(CC)C(C)C1CC. The van der Waals surface area contributed by atoms with E-state index in [4.69, 9.17) is 4.74 Å². The third kappa shape index (κ3) is 2.80. The Balaban J connectivity index is 2.78. The molecule has 1 rings (SSSR count). The number of ether oxygens (including phenoxy) is 1. The smallest absolute Gasteiger partial charge is 0.0607 e. The standard InChI is InChI=1S/C15H30O/c1-6-10-13-12(7-2)11(5)14(8-3)16-15(13)9-4/h11-15H,6-10H2,1-5H3. The first-order chi connectivity index (χ1) is 7.69. The molecule has 0 saturated carbocycles. The molecule has 0 aromatic rings. The average molecular weight is 226 g/mol. The van der Waals surface area contributed by atoms with Gasteiger partial charge in [-0.3, -0.25) is 0 Å². The molecule has 0 bridgehead atoms. The first-order valence-electron chi connectivity index (χ1n) is 7.34. The van der Waals surface area contributed by atoms with Crippen LogP contribution in [0.4, 0.5) is 0 Å². The van der Waals surface area contributed by atoms with Gasteiger partial charge in [-0.2, -0.15) is 0 Å². The molecular formula is C15H30O. The Hall–Kier alpha value is -0.0400. The summed E-state index contributed by atoms with van der Waals surface area (Å²) in [6.45, 7) is 11.6. The summed E-state index contributed by atoms with van der Waals surface area (Å²) in [5.74, 6) is 2.43. The Morgan fingerprint density at radius 2 is 1.44 bits per heavy atom. The molecule has 0 radical (unpaired) electrons. The molecule has 1 heteroatoms. The lowest BCUT2D eigenvalue weighted by molar-refractivity contribution is -0.145. The van der Waals surface area contributed by atoms with Crippen molar-refractivity contribution >= 4 is 0 Å². The molecule has 1 fully saturated rings. The normalized spacial score (nSPS) is 39.9. The van der Waals surface area contributed by atoms with E-state index in [1.165, 1.54) is 32.1 Å². The van der Waals surface area contributed by atoms with Crippen molar-refractivity contribution in [2.75, 3.05) is 0 Å². The second-order valence-electron chi connectivity index (χ2n) is 5.41. The quantitative estimate of drug-likeness (QED) is 0.663. The minimum Gasteiger partial charge on any atom is -0.374 e. The lowest BCUT2D eigenvalue weighted by atomic mass is 9.70. The maximum atomic E-state index is 6.29.